The van der Waals surface area contributed by atoms with Gasteiger partial charge in [0, 0.05) is 6.07 Å². The molecule has 3 unspecified atom stereocenters. The quantitative estimate of drug-likeness (QED) is 0.746. The van der Waals surface area contributed by atoms with E-state index in [2.05, 4.69) is 13.8 Å². The van der Waals surface area contributed by atoms with Crippen LogP contribution in [0, 0.1) is 5.92 Å². The summed E-state index contributed by atoms with van der Waals surface area (Å²) in [4.78, 5) is 0. The van der Waals surface area contributed by atoms with Gasteiger partial charge in [0.15, 0.2) is 0 Å². The van der Waals surface area contributed by atoms with Gasteiger partial charge in [0.05, 0.1) is 31.5 Å². The van der Waals surface area contributed by atoms with Gasteiger partial charge in [-0.15, -0.1) is 0 Å². The lowest BCUT2D eigenvalue weighted by Crippen LogP contribution is -2.10. The number of ether oxygens (including phenoxy) is 3. The summed E-state index contributed by atoms with van der Waals surface area (Å²) in [5.41, 5.74) is 1.10. The minimum atomic E-state index is 0.371. The zero-order chi connectivity index (χ0) is 14.0. The van der Waals surface area contributed by atoms with E-state index in [4.69, 9.17) is 25.8 Å². The van der Waals surface area contributed by atoms with Gasteiger partial charge in [0.2, 0.25) is 0 Å². The third-order valence-electron chi connectivity index (χ3n) is 3.68. The molecule has 0 aromatic heterocycles. The van der Waals surface area contributed by atoms with E-state index < -0.39 is 0 Å². The fourth-order valence-corrected chi connectivity index (χ4v) is 2.79. The zero-order valence-corrected chi connectivity index (χ0v) is 12.7. The first kappa shape index (κ1) is 14.5. The molecule has 1 aliphatic heterocycles. The monoisotopic (exact) mass is 284 g/mol. The molecule has 0 amide bonds. The van der Waals surface area contributed by atoms with Crippen LogP contribution in [0.5, 0.6) is 11.5 Å². The molecule has 1 fully saturated rings. The summed E-state index contributed by atoms with van der Waals surface area (Å²) in [5, 5.41) is 0.620. The maximum Gasteiger partial charge on any atom is 0.141 e. The molecule has 0 N–H and O–H groups in total. The Morgan fingerprint density at radius 2 is 1.95 bits per heavy atom. The molecule has 19 heavy (non-hydrogen) atoms. The van der Waals surface area contributed by atoms with Gasteiger partial charge >= 0.3 is 0 Å². The Hall–Kier alpha value is -0.930. The van der Waals surface area contributed by atoms with Crippen molar-refractivity contribution in [2.45, 2.75) is 38.9 Å². The average Bonchev–Trinajstić information content (AvgIpc) is 3.18. The molecule has 4 heteroatoms. The molecule has 0 bridgehead atoms. The Bertz CT molecular complexity index is 447. The highest BCUT2D eigenvalue weighted by molar-refractivity contribution is 6.32. The number of benzene rings is 1. The first-order valence-electron chi connectivity index (χ1n) is 6.66. The highest BCUT2D eigenvalue weighted by Gasteiger charge is 2.41. The molecule has 0 aliphatic carbocycles. The molecule has 1 heterocycles. The van der Waals surface area contributed by atoms with E-state index >= 15 is 0 Å². The lowest BCUT2D eigenvalue weighted by atomic mass is 9.95. The molecule has 3 atom stereocenters. The molecule has 3 nitrogen and oxygen atoms in total. The van der Waals surface area contributed by atoms with Gasteiger partial charge < -0.3 is 14.2 Å². The SMILES string of the molecule is CCC1OC1C(C)Cc1cc(Cl)c(OC)cc1OC. The lowest BCUT2D eigenvalue weighted by Gasteiger charge is -2.15. The van der Waals surface area contributed by atoms with E-state index in [1.165, 1.54) is 0 Å². The van der Waals surface area contributed by atoms with Crippen LogP contribution in [-0.4, -0.2) is 26.4 Å². The van der Waals surface area contributed by atoms with E-state index in [0.29, 0.717) is 28.9 Å². The first-order chi connectivity index (χ1) is 9.10. The Balaban J connectivity index is 2.13. The maximum absolute atomic E-state index is 6.18. The summed E-state index contributed by atoms with van der Waals surface area (Å²) in [6, 6.07) is 3.77. The number of methoxy groups -OCH3 is 2. The van der Waals surface area contributed by atoms with Crippen molar-refractivity contribution in [2.24, 2.45) is 5.92 Å². The second-order valence-corrected chi connectivity index (χ2v) is 5.43. The minimum Gasteiger partial charge on any atom is -0.496 e. The largest absolute Gasteiger partial charge is 0.496 e. The van der Waals surface area contributed by atoms with Gasteiger partial charge in [-0.2, -0.15) is 0 Å². The Morgan fingerprint density at radius 3 is 2.47 bits per heavy atom. The predicted molar refractivity (Wildman–Crippen MR) is 76.4 cm³/mol. The third-order valence-corrected chi connectivity index (χ3v) is 3.98. The number of hydrogen-bond acceptors (Lipinski definition) is 3. The van der Waals surface area contributed by atoms with Gasteiger partial charge in [-0.05, 0) is 30.4 Å². The standard InChI is InChI=1S/C15H21ClO3/c1-5-12-15(19-12)9(2)6-10-7-11(16)14(18-4)8-13(10)17-3/h7-9,12,15H,5-6H2,1-4H3. The molecule has 1 aliphatic rings. The molecule has 0 radical (unpaired) electrons. The number of hydrogen-bond donors (Lipinski definition) is 0. The first-order valence-corrected chi connectivity index (χ1v) is 7.04. The van der Waals surface area contributed by atoms with Crippen molar-refractivity contribution < 1.29 is 14.2 Å². The number of halogens is 1. The number of epoxide rings is 1. The van der Waals surface area contributed by atoms with Crippen molar-refractivity contribution >= 4 is 11.6 Å². The molecule has 1 aromatic carbocycles. The van der Waals surface area contributed by atoms with Crippen molar-refractivity contribution in [2.75, 3.05) is 14.2 Å². The topological polar surface area (TPSA) is 31.0 Å². The molecule has 1 aromatic rings. The molecule has 0 spiro atoms. The lowest BCUT2D eigenvalue weighted by molar-refractivity contribution is 0.320. The summed E-state index contributed by atoms with van der Waals surface area (Å²) in [6.45, 7) is 4.36. The van der Waals surface area contributed by atoms with Crippen LogP contribution in [0.3, 0.4) is 0 Å². The van der Waals surface area contributed by atoms with Crippen LogP contribution in [0.25, 0.3) is 0 Å². The van der Waals surface area contributed by atoms with Crippen molar-refractivity contribution in [1.82, 2.24) is 0 Å². The molecule has 106 valence electrons. The zero-order valence-electron chi connectivity index (χ0n) is 11.9. The van der Waals surface area contributed by atoms with E-state index in [9.17, 15) is 0 Å². The van der Waals surface area contributed by atoms with Gasteiger partial charge in [-0.25, -0.2) is 0 Å². The highest BCUT2D eigenvalue weighted by atomic mass is 35.5. The summed E-state index contributed by atoms with van der Waals surface area (Å²) in [5.74, 6) is 1.93. The summed E-state index contributed by atoms with van der Waals surface area (Å²) in [6.07, 6.45) is 2.77. The van der Waals surface area contributed by atoms with Crippen molar-refractivity contribution in [3.05, 3.63) is 22.7 Å². The van der Waals surface area contributed by atoms with E-state index in [1.807, 2.05) is 12.1 Å². The third kappa shape index (κ3) is 3.15. The molecule has 1 saturated heterocycles. The fourth-order valence-electron chi connectivity index (χ4n) is 2.53. The van der Waals surface area contributed by atoms with Crippen molar-refractivity contribution in [3.8, 4) is 11.5 Å². The van der Waals surface area contributed by atoms with Crippen LogP contribution >= 0.6 is 11.6 Å². The summed E-state index contributed by atoms with van der Waals surface area (Å²) < 4.78 is 16.3. The number of rotatable bonds is 6. The van der Waals surface area contributed by atoms with Crippen LogP contribution in [-0.2, 0) is 11.2 Å². The minimum absolute atomic E-state index is 0.371. The summed E-state index contributed by atoms with van der Waals surface area (Å²) >= 11 is 6.18. The average molecular weight is 285 g/mol. The van der Waals surface area contributed by atoms with Crippen molar-refractivity contribution in [3.63, 3.8) is 0 Å². The molecule has 2 rings (SSSR count). The smallest absolute Gasteiger partial charge is 0.141 e. The van der Waals surface area contributed by atoms with Crippen molar-refractivity contribution in [1.29, 1.82) is 0 Å². The van der Waals surface area contributed by atoms with E-state index in [-0.39, 0.29) is 0 Å². The van der Waals surface area contributed by atoms with Gasteiger partial charge in [0.25, 0.3) is 0 Å². The van der Waals surface area contributed by atoms with Crippen LogP contribution < -0.4 is 9.47 Å². The predicted octanol–water partition coefficient (Wildman–Crippen LogP) is 3.71. The Labute approximate surface area is 119 Å². The second kappa shape index (κ2) is 6.02. The fraction of sp³-hybridized carbons (Fsp3) is 0.600. The van der Waals surface area contributed by atoms with Crippen LogP contribution in [0.2, 0.25) is 5.02 Å². The summed E-state index contributed by atoms with van der Waals surface area (Å²) in [7, 11) is 3.27. The van der Waals surface area contributed by atoms with Gasteiger partial charge in [-0.3, -0.25) is 0 Å². The molecule has 0 saturated carbocycles. The van der Waals surface area contributed by atoms with Crippen LogP contribution in [0.1, 0.15) is 25.8 Å². The Morgan fingerprint density at radius 1 is 1.26 bits per heavy atom. The van der Waals surface area contributed by atoms with Gasteiger partial charge in [0.1, 0.15) is 11.5 Å². The second-order valence-electron chi connectivity index (χ2n) is 5.03. The molecular weight excluding hydrogens is 264 g/mol. The maximum atomic E-state index is 6.18. The van der Waals surface area contributed by atoms with Crippen LogP contribution in [0.4, 0.5) is 0 Å². The van der Waals surface area contributed by atoms with Crippen LogP contribution in [0.15, 0.2) is 12.1 Å². The van der Waals surface area contributed by atoms with E-state index in [0.717, 1.165) is 24.2 Å². The Kier molecular flexibility index (Phi) is 4.58. The van der Waals surface area contributed by atoms with E-state index in [1.54, 1.807) is 14.2 Å². The highest BCUT2D eigenvalue weighted by Crippen LogP contribution is 2.38. The van der Waals surface area contributed by atoms with Gasteiger partial charge in [-0.1, -0.05) is 25.4 Å². The normalized spacial score (nSPS) is 23.0. The molecular formula is C15H21ClO3.